The molecule has 3 aromatic rings. The van der Waals surface area contributed by atoms with Crippen molar-refractivity contribution in [2.45, 2.75) is 43.9 Å². The molecule has 1 unspecified atom stereocenters. The zero-order chi connectivity index (χ0) is 23.8. The van der Waals surface area contributed by atoms with Crippen LogP contribution in [0.1, 0.15) is 47.3 Å². The maximum atomic E-state index is 13.1. The number of benzene rings is 2. The number of carbonyl (C=O) groups excluding carboxylic acids is 2. The SMILES string of the molecule is CC(C)(C)c1ccc(N2CCc3nc(NC(=O)Cc4ccc(S(=O)[O-])cc4)sc3C2=O)cc1. The van der Waals surface area contributed by atoms with Crippen LogP contribution in [0.5, 0.6) is 0 Å². The Bertz CT molecular complexity index is 1210. The first kappa shape index (κ1) is 23.3. The Morgan fingerprint density at radius 3 is 2.42 bits per heavy atom. The van der Waals surface area contributed by atoms with Crippen molar-refractivity contribution in [3.05, 3.63) is 70.2 Å². The van der Waals surface area contributed by atoms with E-state index in [4.69, 9.17) is 0 Å². The zero-order valence-electron chi connectivity index (χ0n) is 18.6. The minimum Gasteiger partial charge on any atom is -0.768 e. The van der Waals surface area contributed by atoms with Crippen LogP contribution < -0.4 is 10.2 Å². The highest BCUT2D eigenvalue weighted by atomic mass is 32.2. The van der Waals surface area contributed by atoms with Crippen molar-refractivity contribution in [3.8, 4) is 0 Å². The first-order chi connectivity index (χ1) is 15.6. The van der Waals surface area contributed by atoms with E-state index in [2.05, 4.69) is 43.2 Å². The third-order valence-corrected chi connectivity index (χ3v) is 7.14. The molecule has 2 heterocycles. The van der Waals surface area contributed by atoms with E-state index in [-0.39, 0.29) is 28.5 Å². The molecule has 1 aliphatic rings. The van der Waals surface area contributed by atoms with E-state index >= 15 is 0 Å². The van der Waals surface area contributed by atoms with Gasteiger partial charge in [0, 0.05) is 23.5 Å². The second kappa shape index (κ2) is 9.17. The van der Waals surface area contributed by atoms with E-state index < -0.39 is 11.1 Å². The first-order valence-electron chi connectivity index (χ1n) is 10.5. The van der Waals surface area contributed by atoms with Gasteiger partial charge in [0.2, 0.25) is 5.91 Å². The molecule has 1 aromatic heterocycles. The van der Waals surface area contributed by atoms with Gasteiger partial charge < -0.3 is 14.8 Å². The molecule has 172 valence electrons. The Hall–Kier alpha value is -2.88. The number of rotatable bonds is 5. The van der Waals surface area contributed by atoms with Crippen molar-refractivity contribution in [2.75, 3.05) is 16.8 Å². The predicted octanol–water partition coefficient (Wildman–Crippen LogP) is 4.06. The summed E-state index contributed by atoms with van der Waals surface area (Å²) in [6.07, 6.45) is 0.693. The minimum absolute atomic E-state index is 0.0409. The van der Waals surface area contributed by atoms with Gasteiger partial charge in [-0.2, -0.15) is 0 Å². The van der Waals surface area contributed by atoms with Crippen molar-refractivity contribution in [2.24, 2.45) is 0 Å². The van der Waals surface area contributed by atoms with Crippen LogP contribution in [-0.4, -0.2) is 32.1 Å². The molecule has 0 saturated heterocycles. The number of fused-ring (bicyclic) bond motifs is 1. The number of amides is 2. The molecule has 33 heavy (non-hydrogen) atoms. The fraction of sp³-hybridized carbons (Fsp3) is 0.292. The average molecular weight is 483 g/mol. The van der Waals surface area contributed by atoms with Gasteiger partial charge in [0.25, 0.3) is 5.91 Å². The standard InChI is InChI=1S/C24H25N3O4S2/c1-24(2,3)16-6-8-17(9-7-16)27-13-12-19-21(22(27)29)32-23(25-19)26-20(28)14-15-4-10-18(11-5-15)33(30)31/h4-11H,12-14H2,1-3H3,(H,30,31)(H,25,26,28)/p-1. The Labute approximate surface area is 199 Å². The monoisotopic (exact) mass is 482 g/mol. The summed E-state index contributed by atoms with van der Waals surface area (Å²) in [4.78, 5) is 32.5. The van der Waals surface area contributed by atoms with Gasteiger partial charge in [0.1, 0.15) is 4.88 Å². The van der Waals surface area contributed by atoms with E-state index in [1.54, 1.807) is 17.0 Å². The number of carbonyl (C=O) groups is 2. The average Bonchev–Trinajstić information content (AvgIpc) is 3.17. The van der Waals surface area contributed by atoms with Gasteiger partial charge in [-0.1, -0.05) is 56.4 Å². The summed E-state index contributed by atoms with van der Waals surface area (Å²) in [5.74, 6) is -0.391. The number of aromatic nitrogens is 1. The number of nitrogens with one attached hydrogen (secondary N) is 1. The summed E-state index contributed by atoms with van der Waals surface area (Å²) < 4.78 is 21.9. The third kappa shape index (κ3) is 5.21. The molecule has 7 nitrogen and oxygen atoms in total. The Morgan fingerprint density at radius 2 is 1.82 bits per heavy atom. The van der Waals surface area contributed by atoms with Crippen molar-refractivity contribution in [1.82, 2.24) is 4.98 Å². The van der Waals surface area contributed by atoms with Crippen LogP contribution in [0.4, 0.5) is 10.8 Å². The molecule has 0 radical (unpaired) electrons. The lowest BCUT2D eigenvalue weighted by Gasteiger charge is -2.27. The summed E-state index contributed by atoms with van der Waals surface area (Å²) in [5.41, 5.74) is 3.48. The summed E-state index contributed by atoms with van der Waals surface area (Å²) in [7, 11) is 0. The molecule has 9 heteroatoms. The van der Waals surface area contributed by atoms with Crippen molar-refractivity contribution in [1.29, 1.82) is 0 Å². The Kier molecular flexibility index (Phi) is 6.47. The highest BCUT2D eigenvalue weighted by molar-refractivity contribution is 7.79. The number of hydrogen-bond donors (Lipinski definition) is 1. The highest BCUT2D eigenvalue weighted by Gasteiger charge is 2.30. The molecule has 0 bridgehead atoms. The Morgan fingerprint density at radius 1 is 1.15 bits per heavy atom. The molecule has 4 rings (SSSR count). The maximum Gasteiger partial charge on any atom is 0.270 e. The lowest BCUT2D eigenvalue weighted by atomic mass is 9.87. The molecule has 2 amide bonds. The lowest BCUT2D eigenvalue weighted by Crippen LogP contribution is -2.36. The van der Waals surface area contributed by atoms with Crippen LogP contribution in [-0.2, 0) is 34.1 Å². The van der Waals surface area contributed by atoms with Crippen LogP contribution in [0, 0.1) is 0 Å². The molecule has 0 spiro atoms. The van der Waals surface area contributed by atoms with Gasteiger partial charge in [0.05, 0.1) is 12.1 Å². The van der Waals surface area contributed by atoms with Crippen LogP contribution in [0.3, 0.4) is 0 Å². The summed E-state index contributed by atoms with van der Waals surface area (Å²) >= 11 is -1.12. The first-order valence-corrected chi connectivity index (χ1v) is 12.4. The second-order valence-electron chi connectivity index (χ2n) is 8.90. The molecule has 2 aromatic carbocycles. The van der Waals surface area contributed by atoms with Crippen molar-refractivity contribution < 1.29 is 18.4 Å². The van der Waals surface area contributed by atoms with Crippen LogP contribution >= 0.6 is 11.3 Å². The number of nitrogens with zero attached hydrogens (tertiary/aromatic N) is 2. The lowest BCUT2D eigenvalue weighted by molar-refractivity contribution is -0.115. The van der Waals surface area contributed by atoms with E-state index in [0.717, 1.165) is 5.69 Å². The smallest absolute Gasteiger partial charge is 0.270 e. The van der Waals surface area contributed by atoms with Gasteiger partial charge in [-0.25, -0.2) is 4.98 Å². The van der Waals surface area contributed by atoms with Crippen LogP contribution in [0.2, 0.25) is 0 Å². The van der Waals surface area contributed by atoms with E-state index in [9.17, 15) is 18.4 Å². The fourth-order valence-corrected chi connectivity index (χ4v) is 4.97. The van der Waals surface area contributed by atoms with Gasteiger partial charge >= 0.3 is 0 Å². The number of hydrogen-bond acceptors (Lipinski definition) is 6. The van der Waals surface area contributed by atoms with E-state index in [1.807, 2.05) is 12.1 Å². The maximum absolute atomic E-state index is 13.1. The molecule has 1 aliphatic heterocycles. The predicted molar refractivity (Wildman–Crippen MR) is 129 cm³/mol. The van der Waals surface area contributed by atoms with Crippen molar-refractivity contribution in [3.63, 3.8) is 0 Å². The number of thiazole rings is 1. The molecule has 0 saturated carbocycles. The second-order valence-corrected chi connectivity index (χ2v) is 10.8. The summed E-state index contributed by atoms with van der Waals surface area (Å²) in [6.45, 7) is 6.98. The quantitative estimate of drug-likeness (QED) is 0.553. The Balaban J connectivity index is 1.44. The molecule has 1 N–H and O–H groups in total. The van der Waals surface area contributed by atoms with Gasteiger partial charge in [-0.05, 0) is 51.9 Å². The molecule has 0 fully saturated rings. The van der Waals surface area contributed by atoms with E-state index in [1.165, 1.54) is 29.0 Å². The minimum atomic E-state index is -2.30. The molecular formula is C24H24N3O4S2-. The summed E-state index contributed by atoms with van der Waals surface area (Å²) in [5, 5.41) is 3.15. The van der Waals surface area contributed by atoms with Crippen molar-refractivity contribution >= 4 is 45.1 Å². The summed E-state index contributed by atoms with van der Waals surface area (Å²) in [6, 6.07) is 14.2. The number of anilines is 2. The van der Waals surface area contributed by atoms with Gasteiger partial charge in [-0.15, -0.1) is 0 Å². The molecule has 0 aliphatic carbocycles. The van der Waals surface area contributed by atoms with Crippen LogP contribution in [0.15, 0.2) is 53.4 Å². The molecule has 1 atom stereocenters. The van der Waals surface area contributed by atoms with Gasteiger partial charge in [0.15, 0.2) is 5.13 Å². The normalized spacial score (nSPS) is 14.7. The van der Waals surface area contributed by atoms with Gasteiger partial charge in [-0.3, -0.25) is 13.8 Å². The largest absolute Gasteiger partial charge is 0.768 e. The molecular weight excluding hydrogens is 458 g/mol. The van der Waals surface area contributed by atoms with Crippen LogP contribution in [0.25, 0.3) is 0 Å². The highest BCUT2D eigenvalue weighted by Crippen LogP contribution is 2.32. The zero-order valence-corrected chi connectivity index (χ0v) is 20.2. The fourth-order valence-electron chi connectivity index (χ4n) is 3.64. The third-order valence-electron chi connectivity index (χ3n) is 5.48. The van der Waals surface area contributed by atoms with E-state index in [0.29, 0.717) is 34.2 Å². The topological polar surface area (TPSA) is 102 Å².